The predicted octanol–water partition coefficient (Wildman–Crippen LogP) is 0.874. The molecule has 88 valence electrons. The molecule has 0 unspecified atom stereocenters. The molecule has 4 aliphatic carbocycles. The van der Waals surface area contributed by atoms with Gasteiger partial charge in [0, 0.05) is 0 Å². The Morgan fingerprint density at radius 2 is 1.27 bits per heavy atom. The van der Waals surface area contributed by atoms with Crippen molar-refractivity contribution in [3.8, 4) is 0 Å². The van der Waals surface area contributed by atoms with Crippen LogP contribution >= 0.6 is 0 Å². The van der Waals surface area contributed by atoms with Gasteiger partial charge in [0.1, 0.15) is 0 Å². The van der Waals surface area contributed by atoms with Crippen molar-refractivity contribution in [3.63, 3.8) is 0 Å². The van der Waals surface area contributed by atoms with E-state index in [1.165, 1.54) is 6.42 Å². The molecule has 15 heavy (non-hydrogen) atoms. The summed E-state index contributed by atoms with van der Waals surface area (Å²) in [5.41, 5.74) is 0. The highest BCUT2D eigenvalue weighted by Crippen LogP contribution is 2.55. The Balaban J connectivity index is 0.000000853. The fourth-order valence-corrected chi connectivity index (χ4v) is 5.78. The van der Waals surface area contributed by atoms with Gasteiger partial charge in [0.15, 0.2) is 0 Å². The molecule has 4 fully saturated rings. The molecule has 4 nitrogen and oxygen atoms in total. The first-order valence-electron chi connectivity index (χ1n) is 5.50. The highest BCUT2D eigenvalue weighted by molar-refractivity contribution is 7.86. The molecule has 0 aliphatic heterocycles. The fraction of sp³-hybridized carbons (Fsp3) is 1.00. The van der Waals surface area contributed by atoms with Gasteiger partial charge in [-0.15, -0.1) is 0 Å². The Morgan fingerprint density at radius 3 is 1.60 bits per heavy atom. The minimum Gasteiger partial charge on any atom is -0.412 e. The quantitative estimate of drug-likeness (QED) is 0.683. The van der Waals surface area contributed by atoms with E-state index in [1.807, 2.05) is 0 Å². The van der Waals surface area contributed by atoms with Crippen molar-refractivity contribution in [1.29, 1.82) is 0 Å². The van der Waals surface area contributed by atoms with Gasteiger partial charge in [-0.3, -0.25) is 4.55 Å². The van der Waals surface area contributed by atoms with Crippen LogP contribution in [-0.4, -0.2) is 23.7 Å². The molecular weight excluding hydrogens is 216 g/mol. The molecule has 0 spiro atoms. The number of hydrogen-bond donors (Lipinski definition) is 1. The van der Waals surface area contributed by atoms with Crippen LogP contribution in [0.1, 0.15) is 32.1 Å². The summed E-state index contributed by atoms with van der Waals surface area (Å²) >= 11 is 0. The molecular formula is C10H18O4S. The number of hydrogen-bond acceptors (Lipinski definition) is 2. The van der Waals surface area contributed by atoms with E-state index in [9.17, 15) is 13.0 Å². The molecule has 3 N–H and O–H groups in total. The van der Waals surface area contributed by atoms with Gasteiger partial charge in [-0.05, 0) is 55.8 Å². The van der Waals surface area contributed by atoms with Gasteiger partial charge in [0.05, 0.1) is 5.25 Å². The van der Waals surface area contributed by atoms with Crippen molar-refractivity contribution in [2.75, 3.05) is 0 Å². The fourth-order valence-electron chi connectivity index (χ4n) is 4.36. The van der Waals surface area contributed by atoms with Crippen LogP contribution < -0.4 is 0 Å². The molecule has 0 saturated heterocycles. The van der Waals surface area contributed by atoms with E-state index in [1.54, 1.807) is 0 Å². The van der Waals surface area contributed by atoms with Crippen molar-refractivity contribution < 1.29 is 18.4 Å². The van der Waals surface area contributed by atoms with E-state index in [-0.39, 0.29) is 17.3 Å². The zero-order valence-corrected chi connectivity index (χ0v) is 9.41. The molecule has 0 atom stereocenters. The molecule has 4 aliphatic rings. The smallest absolute Gasteiger partial charge is 0.268 e. The molecule has 0 aromatic rings. The molecule has 4 bridgehead atoms. The van der Waals surface area contributed by atoms with E-state index in [4.69, 9.17) is 0 Å². The maximum absolute atomic E-state index is 11.3. The van der Waals surface area contributed by atoms with Crippen molar-refractivity contribution in [3.05, 3.63) is 0 Å². The van der Waals surface area contributed by atoms with Crippen LogP contribution in [0, 0.1) is 23.7 Å². The summed E-state index contributed by atoms with van der Waals surface area (Å²) in [6.07, 6.45) is 5.47. The molecule has 0 radical (unpaired) electrons. The largest absolute Gasteiger partial charge is 0.412 e. The average molecular weight is 234 g/mol. The van der Waals surface area contributed by atoms with Gasteiger partial charge in [-0.25, -0.2) is 0 Å². The second-order valence-electron chi connectivity index (χ2n) is 5.41. The summed E-state index contributed by atoms with van der Waals surface area (Å²) in [6, 6.07) is 0. The summed E-state index contributed by atoms with van der Waals surface area (Å²) in [4.78, 5) is 0. The highest BCUT2D eigenvalue weighted by Gasteiger charge is 2.52. The first-order valence-corrected chi connectivity index (χ1v) is 7.00. The van der Waals surface area contributed by atoms with Gasteiger partial charge in [0.25, 0.3) is 10.1 Å². The SMILES string of the molecule is O.O=S(=O)(O)C1C2CC3CC(C2)CC1C3. The molecule has 4 rings (SSSR count). The zero-order chi connectivity index (χ0) is 9.92. The van der Waals surface area contributed by atoms with Gasteiger partial charge >= 0.3 is 0 Å². The Bertz CT molecular complexity index is 320. The first-order chi connectivity index (χ1) is 6.54. The van der Waals surface area contributed by atoms with E-state index in [0.29, 0.717) is 0 Å². The lowest BCUT2D eigenvalue weighted by Crippen LogP contribution is -2.51. The lowest BCUT2D eigenvalue weighted by Gasteiger charge is -2.52. The van der Waals surface area contributed by atoms with Crippen molar-refractivity contribution in [2.24, 2.45) is 23.7 Å². The molecule has 5 heteroatoms. The molecule has 0 aromatic carbocycles. The average Bonchev–Trinajstić information content (AvgIpc) is 1.97. The second-order valence-corrected chi connectivity index (χ2v) is 6.98. The van der Waals surface area contributed by atoms with Crippen LogP contribution in [0.4, 0.5) is 0 Å². The summed E-state index contributed by atoms with van der Waals surface area (Å²) in [6.45, 7) is 0. The van der Waals surface area contributed by atoms with Crippen LogP contribution in [0.15, 0.2) is 0 Å². The molecule has 0 aromatic heterocycles. The molecule has 0 heterocycles. The van der Waals surface area contributed by atoms with Crippen LogP contribution in [0.3, 0.4) is 0 Å². The van der Waals surface area contributed by atoms with E-state index >= 15 is 0 Å². The maximum Gasteiger partial charge on any atom is 0.268 e. The Labute approximate surface area is 90.1 Å². The van der Waals surface area contributed by atoms with Gasteiger partial charge in [0.2, 0.25) is 0 Å². The summed E-state index contributed by atoms with van der Waals surface area (Å²) in [5, 5.41) is -0.421. The third-order valence-corrected chi connectivity index (χ3v) is 5.94. The van der Waals surface area contributed by atoms with Crippen LogP contribution in [0.2, 0.25) is 0 Å². The van der Waals surface area contributed by atoms with Gasteiger partial charge in [-0.2, -0.15) is 8.42 Å². The number of rotatable bonds is 1. The molecule has 0 amide bonds. The van der Waals surface area contributed by atoms with Crippen molar-refractivity contribution in [1.82, 2.24) is 0 Å². The maximum atomic E-state index is 11.3. The van der Waals surface area contributed by atoms with Crippen molar-refractivity contribution >= 4 is 10.1 Å². The Morgan fingerprint density at radius 1 is 0.867 bits per heavy atom. The van der Waals surface area contributed by atoms with Crippen LogP contribution in [0.25, 0.3) is 0 Å². The third-order valence-electron chi connectivity index (χ3n) is 4.48. The minimum absolute atomic E-state index is 0. The Kier molecular flexibility index (Phi) is 2.60. The summed E-state index contributed by atoms with van der Waals surface area (Å²) in [5.74, 6) is 2.05. The normalized spacial score (nSPS) is 47.7. The van der Waals surface area contributed by atoms with Crippen LogP contribution in [0.5, 0.6) is 0 Å². The van der Waals surface area contributed by atoms with Crippen molar-refractivity contribution in [2.45, 2.75) is 37.4 Å². The van der Waals surface area contributed by atoms with E-state index < -0.39 is 15.4 Å². The monoisotopic (exact) mass is 234 g/mol. The van der Waals surface area contributed by atoms with E-state index in [0.717, 1.165) is 37.5 Å². The van der Waals surface area contributed by atoms with E-state index in [2.05, 4.69) is 0 Å². The Hall–Kier alpha value is -0.130. The first kappa shape index (κ1) is 11.4. The lowest BCUT2D eigenvalue weighted by atomic mass is 9.56. The zero-order valence-electron chi connectivity index (χ0n) is 8.59. The standard InChI is InChI=1S/C10H16O3S.H2O/c11-14(12,13)10-8-2-6-1-7(4-8)5-9(10)3-6;/h6-10H,1-5H2,(H,11,12,13);1H2. The van der Waals surface area contributed by atoms with Gasteiger partial charge < -0.3 is 5.48 Å². The summed E-state index contributed by atoms with van der Waals surface area (Å²) in [7, 11) is -3.79. The third kappa shape index (κ3) is 1.70. The van der Waals surface area contributed by atoms with Gasteiger partial charge in [-0.1, -0.05) is 0 Å². The summed E-state index contributed by atoms with van der Waals surface area (Å²) < 4.78 is 31.8. The minimum atomic E-state index is -3.79. The lowest BCUT2D eigenvalue weighted by molar-refractivity contribution is 0.0214. The predicted molar refractivity (Wildman–Crippen MR) is 56.0 cm³/mol. The second kappa shape index (κ2) is 3.43. The van der Waals surface area contributed by atoms with Crippen LogP contribution in [-0.2, 0) is 10.1 Å². The highest BCUT2D eigenvalue weighted by atomic mass is 32.2. The topological polar surface area (TPSA) is 85.9 Å². The molecule has 4 saturated carbocycles.